The Labute approximate surface area is 169 Å². The number of halogens is 1. The number of amides is 1. The van der Waals surface area contributed by atoms with Gasteiger partial charge in [0.05, 0.1) is 4.90 Å². The molecule has 1 amide bonds. The Bertz CT molecular complexity index is 912. The number of carbonyl (C=O) groups excluding carboxylic acids is 2. The van der Waals surface area contributed by atoms with Gasteiger partial charge in [-0.3, -0.25) is 9.59 Å². The van der Waals surface area contributed by atoms with Crippen molar-refractivity contribution in [2.45, 2.75) is 24.3 Å². The fraction of sp³-hybridized carbons (Fsp3) is 0.263. The van der Waals surface area contributed by atoms with Gasteiger partial charge in [0.1, 0.15) is 0 Å². The van der Waals surface area contributed by atoms with E-state index < -0.39 is 21.9 Å². The van der Waals surface area contributed by atoms with Gasteiger partial charge in [-0.15, -0.1) is 0 Å². The molecule has 2 rings (SSSR count). The molecule has 0 unspecified atom stereocenters. The zero-order chi connectivity index (χ0) is 20.6. The van der Waals surface area contributed by atoms with Gasteiger partial charge in [-0.25, -0.2) is 13.1 Å². The number of hydrogen-bond donors (Lipinski definition) is 2. The summed E-state index contributed by atoms with van der Waals surface area (Å²) in [5.74, 6) is -0.904. The van der Waals surface area contributed by atoms with E-state index in [-0.39, 0.29) is 17.9 Å². The van der Waals surface area contributed by atoms with Crippen molar-refractivity contribution in [1.29, 1.82) is 0 Å². The number of carbonyl (C=O) groups is 2. The van der Waals surface area contributed by atoms with E-state index in [1.54, 1.807) is 36.4 Å². The number of rotatable bonds is 9. The first-order chi connectivity index (χ1) is 13.3. The standard InChI is InChI=1S/C19H21ClN2O5S/c1-21-28(25,26)17-9-4-14(5-10-17)6-11-19(24)27-13-18(23)22-12-15-2-7-16(20)8-3-15/h2-5,7-10,21H,6,11-13H2,1H3,(H,22,23). The first-order valence-electron chi connectivity index (χ1n) is 8.49. The Balaban J connectivity index is 1.70. The zero-order valence-corrected chi connectivity index (χ0v) is 16.8. The van der Waals surface area contributed by atoms with E-state index in [2.05, 4.69) is 10.0 Å². The summed E-state index contributed by atoms with van der Waals surface area (Å²) in [5.41, 5.74) is 1.67. The van der Waals surface area contributed by atoms with E-state index in [1.807, 2.05) is 0 Å². The number of ether oxygens (including phenoxy) is 1. The van der Waals surface area contributed by atoms with Crippen LogP contribution in [0.3, 0.4) is 0 Å². The molecule has 0 spiro atoms. The van der Waals surface area contributed by atoms with Gasteiger partial charge < -0.3 is 10.1 Å². The molecule has 0 atom stereocenters. The molecule has 0 aliphatic carbocycles. The topological polar surface area (TPSA) is 102 Å². The highest BCUT2D eigenvalue weighted by molar-refractivity contribution is 7.89. The van der Waals surface area contributed by atoms with E-state index in [4.69, 9.17) is 16.3 Å². The smallest absolute Gasteiger partial charge is 0.306 e. The number of nitrogens with one attached hydrogen (secondary N) is 2. The summed E-state index contributed by atoms with van der Waals surface area (Å²) in [6.45, 7) is -0.0405. The summed E-state index contributed by atoms with van der Waals surface area (Å²) in [5, 5.41) is 3.26. The van der Waals surface area contributed by atoms with Gasteiger partial charge in [0.2, 0.25) is 10.0 Å². The Morgan fingerprint density at radius 3 is 2.21 bits per heavy atom. The lowest BCUT2D eigenvalue weighted by Crippen LogP contribution is -2.28. The van der Waals surface area contributed by atoms with Crippen LogP contribution in [0.1, 0.15) is 17.5 Å². The van der Waals surface area contributed by atoms with Crippen LogP contribution >= 0.6 is 11.6 Å². The van der Waals surface area contributed by atoms with Crippen LogP contribution in [0.4, 0.5) is 0 Å². The van der Waals surface area contributed by atoms with Gasteiger partial charge in [-0.2, -0.15) is 0 Å². The summed E-state index contributed by atoms with van der Waals surface area (Å²) < 4.78 is 30.5. The SMILES string of the molecule is CNS(=O)(=O)c1ccc(CCC(=O)OCC(=O)NCc2ccc(Cl)cc2)cc1. The summed E-state index contributed by atoms with van der Waals surface area (Å²) in [7, 11) is -2.15. The highest BCUT2D eigenvalue weighted by Crippen LogP contribution is 2.12. The van der Waals surface area contributed by atoms with Crippen LogP contribution in [-0.4, -0.2) is 33.9 Å². The first kappa shape index (κ1) is 21.9. The van der Waals surface area contributed by atoms with Gasteiger partial charge in [0.15, 0.2) is 6.61 Å². The molecule has 150 valence electrons. The second-order valence-electron chi connectivity index (χ2n) is 5.92. The Hall–Kier alpha value is -2.42. The normalized spacial score (nSPS) is 11.1. The van der Waals surface area contributed by atoms with Crippen molar-refractivity contribution in [2.75, 3.05) is 13.7 Å². The van der Waals surface area contributed by atoms with E-state index in [0.717, 1.165) is 11.1 Å². The quantitative estimate of drug-likeness (QED) is 0.600. The summed E-state index contributed by atoms with van der Waals surface area (Å²) in [4.78, 5) is 23.7. The molecule has 0 aromatic heterocycles. The molecule has 28 heavy (non-hydrogen) atoms. The monoisotopic (exact) mass is 424 g/mol. The molecule has 2 N–H and O–H groups in total. The predicted octanol–water partition coefficient (Wildman–Crippen LogP) is 2.04. The molecule has 0 aliphatic rings. The molecule has 0 saturated heterocycles. The van der Waals surface area contributed by atoms with Crippen LogP contribution in [-0.2, 0) is 37.3 Å². The van der Waals surface area contributed by atoms with Crippen LogP contribution < -0.4 is 10.0 Å². The molecule has 0 saturated carbocycles. The third-order valence-corrected chi connectivity index (χ3v) is 5.57. The van der Waals surface area contributed by atoms with Gasteiger partial charge in [0, 0.05) is 18.0 Å². The van der Waals surface area contributed by atoms with E-state index >= 15 is 0 Å². The maximum absolute atomic E-state index is 11.8. The first-order valence-corrected chi connectivity index (χ1v) is 10.4. The summed E-state index contributed by atoms with van der Waals surface area (Å²) >= 11 is 5.79. The number of hydrogen-bond acceptors (Lipinski definition) is 5. The van der Waals surface area contributed by atoms with Crippen LogP contribution in [0, 0.1) is 0 Å². The molecule has 0 bridgehead atoms. The number of aryl methyl sites for hydroxylation is 1. The maximum atomic E-state index is 11.8. The van der Waals surface area contributed by atoms with E-state index in [9.17, 15) is 18.0 Å². The second kappa shape index (κ2) is 10.2. The largest absolute Gasteiger partial charge is 0.456 e. The Kier molecular flexibility index (Phi) is 7.98. The average Bonchev–Trinajstić information content (AvgIpc) is 2.70. The van der Waals surface area contributed by atoms with Crippen molar-refractivity contribution in [1.82, 2.24) is 10.0 Å². The Morgan fingerprint density at radius 2 is 1.61 bits per heavy atom. The minimum absolute atomic E-state index is 0.0859. The van der Waals surface area contributed by atoms with Crippen molar-refractivity contribution in [3.8, 4) is 0 Å². The fourth-order valence-corrected chi connectivity index (χ4v) is 3.13. The molecule has 2 aromatic carbocycles. The second-order valence-corrected chi connectivity index (χ2v) is 8.24. The lowest BCUT2D eigenvalue weighted by molar-refractivity contribution is -0.148. The third-order valence-electron chi connectivity index (χ3n) is 3.89. The van der Waals surface area contributed by atoms with E-state index in [0.29, 0.717) is 18.0 Å². The Morgan fingerprint density at radius 1 is 1.00 bits per heavy atom. The summed E-state index contributed by atoms with van der Waals surface area (Å²) in [6, 6.07) is 13.2. The van der Waals surface area contributed by atoms with Gasteiger partial charge >= 0.3 is 5.97 Å². The lowest BCUT2D eigenvalue weighted by Gasteiger charge is -2.07. The van der Waals surface area contributed by atoms with Gasteiger partial charge in [-0.1, -0.05) is 35.9 Å². The number of esters is 1. The van der Waals surface area contributed by atoms with E-state index in [1.165, 1.54) is 19.2 Å². The van der Waals surface area contributed by atoms with Gasteiger partial charge in [0.25, 0.3) is 5.91 Å². The molecule has 2 aromatic rings. The van der Waals surface area contributed by atoms with Crippen molar-refractivity contribution < 1.29 is 22.7 Å². The van der Waals surface area contributed by atoms with Crippen LogP contribution in [0.15, 0.2) is 53.4 Å². The van der Waals surface area contributed by atoms with Gasteiger partial charge in [-0.05, 0) is 48.9 Å². The zero-order valence-electron chi connectivity index (χ0n) is 15.3. The third kappa shape index (κ3) is 6.95. The minimum atomic E-state index is -3.48. The van der Waals surface area contributed by atoms with Crippen molar-refractivity contribution in [2.24, 2.45) is 0 Å². The molecule has 9 heteroatoms. The molecule has 0 heterocycles. The highest BCUT2D eigenvalue weighted by Gasteiger charge is 2.11. The molecule has 0 fully saturated rings. The summed E-state index contributed by atoms with van der Waals surface area (Å²) in [6.07, 6.45) is 0.466. The fourth-order valence-electron chi connectivity index (χ4n) is 2.27. The van der Waals surface area contributed by atoms with Crippen molar-refractivity contribution >= 4 is 33.5 Å². The van der Waals surface area contributed by atoms with Crippen LogP contribution in [0.25, 0.3) is 0 Å². The average molecular weight is 425 g/mol. The lowest BCUT2D eigenvalue weighted by atomic mass is 10.1. The number of sulfonamides is 1. The maximum Gasteiger partial charge on any atom is 0.306 e. The van der Waals surface area contributed by atoms with Crippen LogP contribution in [0.2, 0.25) is 5.02 Å². The van der Waals surface area contributed by atoms with Crippen LogP contribution in [0.5, 0.6) is 0 Å². The van der Waals surface area contributed by atoms with Crippen molar-refractivity contribution in [3.05, 3.63) is 64.7 Å². The minimum Gasteiger partial charge on any atom is -0.456 e. The molecule has 0 aliphatic heterocycles. The molecular formula is C19H21ClN2O5S. The predicted molar refractivity (Wildman–Crippen MR) is 105 cm³/mol. The van der Waals surface area contributed by atoms with Crippen molar-refractivity contribution in [3.63, 3.8) is 0 Å². The molecule has 0 radical (unpaired) electrons. The number of benzene rings is 2. The molecule has 7 nitrogen and oxygen atoms in total. The molecular weight excluding hydrogens is 404 g/mol. The highest BCUT2D eigenvalue weighted by atomic mass is 35.5.